The van der Waals surface area contributed by atoms with E-state index in [9.17, 15) is 4.79 Å². The summed E-state index contributed by atoms with van der Waals surface area (Å²) in [5, 5.41) is 12.5. The monoisotopic (exact) mass is 177 g/mol. The van der Waals surface area contributed by atoms with Gasteiger partial charge in [-0.25, -0.2) is 4.98 Å². The fourth-order valence-corrected chi connectivity index (χ4v) is 0.991. The molecular formula is C7H7N5O. The molecule has 2 heterocycles. The Hall–Kier alpha value is -1.98. The van der Waals surface area contributed by atoms with Crippen LogP contribution in [0, 0.1) is 0 Å². The van der Waals surface area contributed by atoms with E-state index >= 15 is 0 Å². The number of fused-ring (bicyclic) bond motifs is 1. The molecule has 2 rings (SSSR count). The van der Waals surface area contributed by atoms with Crippen LogP contribution in [0.15, 0.2) is 12.1 Å². The molecular weight excluding hydrogens is 170 g/mol. The second-order valence-corrected chi connectivity index (χ2v) is 2.44. The highest BCUT2D eigenvalue weighted by Crippen LogP contribution is 2.05. The van der Waals surface area contributed by atoms with Gasteiger partial charge < -0.3 is 5.32 Å². The molecule has 0 aliphatic rings. The number of hydrogen-bond acceptors (Lipinski definition) is 4. The van der Waals surface area contributed by atoms with Crippen LogP contribution in [-0.4, -0.2) is 33.3 Å². The van der Waals surface area contributed by atoms with Gasteiger partial charge in [0.1, 0.15) is 11.2 Å². The van der Waals surface area contributed by atoms with E-state index in [2.05, 4.69) is 25.7 Å². The maximum atomic E-state index is 11.1. The molecule has 2 N–H and O–H groups in total. The van der Waals surface area contributed by atoms with Crippen molar-refractivity contribution < 1.29 is 4.79 Å². The Kier molecular flexibility index (Phi) is 1.66. The molecule has 2 aromatic heterocycles. The maximum Gasteiger partial charge on any atom is 0.269 e. The lowest BCUT2D eigenvalue weighted by Crippen LogP contribution is -2.18. The van der Waals surface area contributed by atoms with Gasteiger partial charge in [-0.1, -0.05) is 0 Å². The first-order valence-corrected chi connectivity index (χ1v) is 3.71. The Morgan fingerprint density at radius 2 is 2.31 bits per heavy atom. The predicted molar refractivity (Wildman–Crippen MR) is 45.1 cm³/mol. The molecule has 0 fully saturated rings. The van der Waals surface area contributed by atoms with Crippen LogP contribution in [0.1, 0.15) is 10.5 Å². The van der Waals surface area contributed by atoms with Crippen LogP contribution in [0.2, 0.25) is 0 Å². The zero-order chi connectivity index (χ0) is 9.26. The average Bonchev–Trinajstić information content (AvgIpc) is 2.63. The Bertz CT molecular complexity index is 449. The number of aromatic nitrogens is 4. The highest BCUT2D eigenvalue weighted by Gasteiger charge is 2.06. The van der Waals surface area contributed by atoms with Crippen LogP contribution in [0.3, 0.4) is 0 Å². The molecule has 6 heteroatoms. The van der Waals surface area contributed by atoms with Gasteiger partial charge >= 0.3 is 0 Å². The zero-order valence-electron chi connectivity index (χ0n) is 6.90. The molecule has 0 aromatic carbocycles. The predicted octanol–water partition coefficient (Wildman–Crippen LogP) is -0.288. The zero-order valence-corrected chi connectivity index (χ0v) is 6.90. The van der Waals surface area contributed by atoms with Crippen molar-refractivity contribution in [2.45, 2.75) is 0 Å². The minimum atomic E-state index is -0.232. The lowest BCUT2D eigenvalue weighted by atomic mass is 10.3. The molecule has 0 saturated heterocycles. The van der Waals surface area contributed by atoms with E-state index in [1.807, 2.05) is 0 Å². The second-order valence-electron chi connectivity index (χ2n) is 2.44. The minimum Gasteiger partial charge on any atom is -0.354 e. The van der Waals surface area contributed by atoms with Crippen LogP contribution < -0.4 is 5.32 Å². The topological polar surface area (TPSA) is 83.6 Å². The highest BCUT2D eigenvalue weighted by atomic mass is 16.1. The summed E-state index contributed by atoms with van der Waals surface area (Å²) in [5.74, 6) is -0.232. The van der Waals surface area contributed by atoms with E-state index in [0.29, 0.717) is 16.9 Å². The Balaban J connectivity index is 2.54. The van der Waals surface area contributed by atoms with Crippen molar-refractivity contribution in [3.8, 4) is 0 Å². The first kappa shape index (κ1) is 7.66. The largest absolute Gasteiger partial charge is 0.354 e. The lowest BCUT2D eigenvalue weighted by Gasteiger charge is -1.96. The maximum absolute atomic E-state index is 11.1. The molecule has 13 heavy (non-hydrogen) atoms. The quantitative estimate of drug-likeness (QED) is 0.627. The van der Waals surface area contributed by atoms with Crippen LogP contribution >= 0.6 is 0 Å². The van der Waals surface area contributed by atoms with Gasteiger partial charge in [0.25, 0.3) is 5.91 Å². The molecule has 0 aliphatic carbocycles. The summed E-state index contributed by atoms with van der Waals surface area (Å²) in [5.41, 5.74) is 1.43. The smallest absolute Gasteiger partial charge is 0.269 e. The summed E-state index contributed by atoms with van der Waals surface area (Å²) in [6, 6.07) is 3.29. The Morgan fingerprint density at radius 1 is 1.46 bits per heavy atom. The standard InChI is InChI=1S/C7H7N5O/c1-8-7(13)5-3-2-4-6(9-5)11-12-10-4/h2-3H,1H3,(H,8,13)(H,9,10,11,12). The van der Waals surface area contributed by atoms with E-state index < -0.39 is 0 Å². The van der Waals surface area contributed by atoms with Gasteiger partial charge in [-0.2, -0.15) is 10.3 Å². The van der Waals surface area contributed by atoms with Crippen LogP contribution in [0.5, 0.6) is 0 Å². The van der Waals surface area contributed by atoms with E-state index in [1.165, 1.54) is 0 Å². The van der Waals surface area contributed by atoms with Crippen molar-refractivity contribution in [2.75, 3.05) is 7.05 Å². The normalized spacial score (nSPS) is 10.2. The minimum absolute atomic E-state index is 0.232. The number of nitrogens with zero attached hydrogens (tertiary/aromatic N) is 3. The summed E-state index contributed by atoms with van der Waals surface area (Å²) in [6.45, 7) is 0. The molecule has 1 amide bonds. The van der Waals surface area contributed by atoms with Gasteiger partial charge in [0.2, 0.25) is 5.65 Å². The third kappa shape index (κ3) is 1.22. The molecule has 0 saturated carbocycles. The summed E-state index contributed by atoms with van der Waals surface area (Å²) >= 11 is 0. The lowest BCUT2D eigenvalue weighted by molar-refractivity contribution is 0.0958. The van der Waals surface area contributed by atoms with Crippen molar-refractivity contribution in [1.82, 2.24) is 25.7 Å². The number of rotatable bonds is 1. The summed E-state index contributed by atoms with van der Waals surface area (Å²) in [4.78, 5) is 15.1. The molecule has 6 nitrogen and oxygen atoms in total. The summed E-state index contributed by atoms with van der Waals surface area (Å²) in [6.07, 6.45) is 0. The van der Waals surface area contributed by atoms with Crippen LogP contribution in [-0.2, 0) is 0 Å². The van der Waals surface area contributed by atoms with Gasteiger partial charge in [-0.15, -0.1) is 5.10 Å². The van der Waals surface area contributed by atoms with E-state index in [1.54, 1.807) is 19.2 Å². The molecule has 0 radical (unpaired) electrons. The van der Waals surface area contributed by atoms with Gasteiger partial charge in [0.15, 0.2) is 0 Å². The molecule has 0 atom stereocenters. The molecule has 0 unspecified atom stereocenters. The van der Waals surface area contributed by atoms with Crippen molar-refractivity contribution >= 4 is 17.1 Å². The van der Waals surface area contributed by atoms with E-state index in [-0.39, 0.29) is 5.91 Å². The summed E-state index contributed by atoms with van der Waals surface area (Å²) < 4.78 is 0. The Labute approximate surface area is 73.4 Å². The van der Waals surface area contributed by atoms with Gasteiger partial charge in [0, 0.05) is 7.05 Å². The molecule has 2 aromatic rings. The number of carbonyl (C=O) groups is 1. The fourth-order valence-electron chi connectivity index (χ4n) is 0.991. The number of carbonyl (C=O) groups excluding carboxylic acids is 1. The van der Waals surface area contributed by atoms with Gasteiger partial charge in [-0.3, -0.25) is 4.79 Å². The molecule has 66 valence electrons. The number of H-pyrrole nitrogens is 1. The van der Waals surface area contributed by atoms with Gasteiger partial charge in [0.05, 0.1) is 0 Å². The summed E-state index contributed by atoms with van der Waals surface area (Å²) in [7, 11) is 1.55. The van der Waals surface area contributed by atoms with Crippen LogP contribution in [0.4, 0.5) is 0 Å². The molecule has 0 aliphatic heterocycles. The van der Waals surface area contributed by atoms with E-state index in [4.69, 9.17) is 0 Å². The number of nitrogens with one attached hydrogen (secondary N) is 2. The number of amides is 1. The Morgan fingerprint density at radius 3 is 3.08 bits per heavy atom. The second kappa shape index (κ2) is 2.81. The highest BCUT2D eigenvalue weighted by molar-refractivity contribution is 5.93. The average molecular weight is 177 g/mol. The first-order chi connectivity index (χ1) is 6.31. The third-order valence-electron chi connectivity index (χ3n) is 1.64. The van der Waals surface area contributed by atoms with Crippen molar-refractivity contribution in [1.29, 1.82) is 0 Å². The van der Waals surface area contributed by atoms with Crippen molar-refractivity contribution in [2.24, 2.45) is 0 Å². The number of aromatic amines is 1. The number of pyridine rings is 1. The molecule has 0 bridgehead atoms. The fraction of sp³-hybridized carbons (Fsp3) is 0.143. The van der Waals surface area contributed by atoms with Crippen LogP contribution in [0.25, 0.3) is 11.2 Å². The SMILES string of the molecule is CNC(=O)c1ccc2n[nH]nc2n1. The third-order valence-corrected chi connectivity index (χ3v) is 1.64. The van der Waals surface area contributed by atoms with Crippen molar-refractivity contribution in [3.05, 3.63) is 17.8 Å². The first-order valence-electron chi connectivity index (χ1n) is 3.71. The van der Waals surface area contributed by atoms with E-state index in [0.717, 1.165) is 0 Å². The number of hydrogen-bond donors (Lipinski definition) is 2. The van der Waals surface area contributed by atoms with Gasteiger partial charge in [-0.05, 0) is 12.1 Å². The van der Waals surface area contributed by atoms with Crippen molar-refractivity contribution in [3.63, 3.8) is 0 Å². The molecule has 0 spiro atoms.